The number of benzene rings is 1. The molecule has 0 amide bonds. The summed E-state index contributed by atoms with van der Waals surface area (Å²) in [5, 5.41) is 17.3. The van der Waals surface area contributed by atoms with E-state index in [2.05, 4.69) is 0 Å². The fourth-order valence-electron chi connectivity index (χ4n) is 0.464. The molecule has 9 heavy (non-hydrogen) atoms. The van der Waals surface area contributed by atoms with Crippen LogP contribution in [0.3, 0.4) is 0 Å². The van der Waals surface area contributed by atoms with E-state index in [9.17, 15) is 0 Å². The van der Waals surface area contributed by atoms with Gasteiger partial charge in [0.05, 0.1) is 0 Å². The number of aromatic hydroxyl groups is 2. The first-order chi connectivity index (χ1) is 3.80. The number of para-hydroxylation sites is 2. The molecule has 44 valence electrons. The van der Waals surface area contributed by atoms with Crippen molar-refractivity contribution < 1.29 is 30.5 Å². The minimum absolute atomic E-state index is 0. The van der Waals surface area contributed by atoms with Crippen LogP contribution in [0.2, 0.25) is 0 Å². The van der Waals surface area contributed by atoms with E-state index in [0.29, 0.717) is 0 Å². The Morgan fingerprint density at radius 1 is 1.00 bits per heavy atom. The van der Waals surface area contributed by atoms with Gasteiger partial charge in [-0.25, -0.2) is 0 Å². The van der Waals surface area contributed by atoms with Crippen molar-refractivity contribution >= 4 is 0 Å². The average molecular weight is 118 g/mol. The summed E-state index contributed by atoms with van der Waals surface area (Å²) in [6, 6.07) is 6.15. The zero-order chi connectivity index (χ0) is 5.98. The third-order valence-corrected chi connectivity index (χ3v) is 0.882. The Bertz CT molecular complexity index is 172. The van der Waals surface area contributed by atoms with Crippen molar-refractivity contribution in [1.82, 2.24) is 0 Å². The van der Waals surface area contributed by atoms with Gasteiger partial charge in [0.2, 0.25) is 0 Å². The Labute approximate surface area is 66.8 Å². The Kier molecular flexibility index (Phi) is 3.22. The van der Waals surface area contributed by atoms with Gasteiger partial charge in [-0.2, -0.15) is 0 Å². The zero-order valence-electron chi connectivity index (χ0n) is 6.20. The van der Waals surface area contributed by atoms with Gasteiger partial charge in [-0.05, 0) is 12.1 Å². The normalized spacial score (nSPS) is 8.00. The van der Waals surface area contributed by atoms with Crippen LogP contribution in [0, 0.1) is 0 Å². The summed E-state index contributed by atoms with van der Waals surface area (Å²) in [6.45, 7) is 0. The van der Waals surface area contributed by atoms with Crippen LogP contribution in [-0.4, -0.2) is 10.2 Å². The molecule has 0 atom stereocenters. The molecule has 0 aromatic heterocycles. The molecule has 0 bridgehead atoms. The molecule has 2 nitrogen and oxygen atoms in total. The minimum Gasteiger partial charge on any atom is -1.00 e. The van der Waals surface area contributed by atoms with Gasteiger partial charge < -0.3 is 11.6 Å². The third kappa shape index (κ3) is 2.01. The molecule has 0 saturated carbocycles. The van der Waals surface area contributed by atoms with E-state index < -0.39 is 0 Å². The van der Waals surface area contributed by atoms with Gasteiger partial charge in [0.1, 0.15) is 0 Å². The Morgan fingerprint density at radius 3 is 1.56 bits per heavy atom. The molecule has 0 saturated heterocycles. The van der Waals surface area contributed by atoms with E-state index in [-0.39, 0.29) is 31.8 Å². The second kappa shape index (κ2) is 3.44. The summed E-state index contributed by atoms with van der Waals surface area (Å²) in [5.74, 6) is -0.153. The Balaban J connectivity index is 0. The van der Waals surface area contributed by atoms with E-state index in [1.54, 1.807) is 12.1 Å². The molecule has 0 unspecified atom stereocenters. The van der Waals surface area contributed by atoms with Gasteiger partial charge in [-0.3, -0.25) is 0 Å². The molecule has 0 fully saturated rings. The van der Waals surface area contributed by atoms with Crippen molar-refractivity contribution in [2.24, 2.45) is 0 Å². The van der Waals surface area contributed by atoms with E-state index in [0.717, 1.165) is 0 Å². The van der Waals surface area contributed by atoms with Crippen LogP contribution in [-0.2, 0) is 0 Å². The largest absolute Gasteiger partial charge is 1.00 e. The number of hydrogen-bond acceptors (Lipinski definition) is 2. The van der Waals surface area contributed by atoms with E-state index >= 15 is 0 Å². The predicted molar refractivity (Wildman–Crippen MR) is 30.9 cm³/mol. The number of rotatable bonds is 0. The molecule has 1 aromatic rings. The van der Waals surface area contributed by atoms with Gasteiger partial charge in [0.25, 0.3) is 0 Å². The molecule has 0 aliphatic carbocycles. The third-order valence-electron chi connectivity index (χ3n) is 0.882. The second-order valence-corrected chi connectivity index (χ2v) is 1.49. The van der Waals surface area contributed by atoms with Gasteiger partial charge in [0, 0.05) is 0 Å². The summed E-state index contributed by atoms with van der Waals surface area (Å²) in [6.07, 6.45) is 0. The van der Waals surface area contributed by atoms with Crippen LogP contribution in [0.1, 0.15) is 1.43 Å². The quantitative estimate of drug-likeness (QED) is 0.312. The molecule has 0 heterocycles. The number of phenolic OH excluding ortho intramolecular Hbond substituents is 2. The Hall–Kier alpha value is -0.583. The average Bonchev–Trinajstić information content (AvgIpc) is 1.77. The molecular formula is C6H7LiO2. The minimum atomic E-state index is -0.0764. The summed E-state index contributed by atoms with van der Waals surface area (Å²) in [4.78, 5) is 0. The molecule has 0 aliphatic heterocycles. The van der Waals surface area contributed by atoms with Crippen molar-refractivity contribution in [3.05, 3.63) is 24.3 Å². The van der Waals surface area contributed by atoms with Crippen LogP contribution in [0.5, 0.6) is 11.5 Å². The fourth-order valence-corrected chi connectivity index (χ4v) is 0.464. The van der Waals surface area contributed by atoms with Crippen molar-refractivity contribution in [2.45, 2.75) is 0 Å². The van der Waals surface area contributed by atoms with Crippen LogP contribution in [0.4, 0.5) is 0 Å². The first-order valence-corrected chi connectivity index (χ1v) is 2.27. The van der Waals surface area contributed by atoms with Crippen LogP contribution >= 0.6 is 0 Å². The van der Waals surface area contributed by atoms with Crippen LogP contribution in [0.25, 0.3) is 0 Å². The number of hydrogen-bond donors (Lipinski definition) is 2. The molecule has 2 N–H and O–H groups in total. The first kappa shape index (κ1) is 8.42. The molecule has 1 aromatic carbocycles. The molecule has 3 heteroatoms. The summed E-state index contributed by atoms with van der Waals surface area (Å²) in [7, 11) is 0. The van der Waals surface area contributed by atoms with Crippen molar-refractivity contribution in [1.29, 1.82) is 0 Å². The van der Waals surface area contributed by atoms with Crippen molar-refractivity contribution in [2.75, 3.05) is 0 Å². The smallest absolute Gasteiger partial charge is 1.00 e. The van der Waals surface area contributed by atoms with Gasteiger partial charge in [0.15, 0.2) is 11.5 Å². The van der Waals surface area contributed by atoms with Gasteiger partial charge in [-0.1, -0.05) is 12.1 Å². The van der Waals surface area contributed by atoms with E-state index in [1.807, 2.05) is 0 Å². The fraction of sp³-hybridized carbons (Fsp3) is 0. The standard InChI is InChI=1S/C6H6O2.Li.H/c7-5-3-1-2-4-6(5)8;;/h1-4,7-8H;;/q;+1;-1. The maximum absolute atomic E-state index is 8.67. The second-order valence-electron chi connectivity index (χ2n) is 1.49. The first-order valence-electron chi connectivity index (χ1n) is 2.27. The maximum atomic E-state index is 8.67. The monoisotopic (exact) mass is 118 g/mol. The van der Waals surface area contributed by atoms with Crippen molar-refractivity contribution in [3.63, 3.8) is 0 Å². The van der Waals surface area contributed by atoms with Crippen LogP contribution < -0.4 is 18.9 Å². The summed E-state index contributed by atoms with van der Waals surface area (Å²) < 4.78 is 0. The summed E-state index contributed by atoms with van der Waals surface area (Å²) in [5.41, 5.74) is 0. The SMILES string of the molecule is Oc1ccccc1O.[H-].[Li+]. The number of phenols is 2. The Morgan fingerprint density at radius 2 is 1.33 bits per heavy atom. The molecule has 1 rings (SSSR count). The zero-order valence-corrected chi connectivity index (χ0v) is 5.20. The molecule has 0 spiro atoms. The van der Waals surface area contributed by atoms with E-state index in [4.69, 9.17) is 10.2 Å². The summed E-state index contributed by atoms with van der Waals surface area (Å²) >= 11 is 0. The molecular weight excluding hydrogens is 111 g/mol. The predicted octanol–water partition coefficient (Wildman–Crippen LogP) is -1.79. The van der Waals surface area contributed by atoms with E-state index in [1.165, 1.54) is 12.1 Å². The van der Waals surface area contributed by atoms with Gasteiger partial charge in [-0.15, -0.1) is 0 Å². The molecule has 0 aliphatic rings. The maximum Gasteiger partial charge on any atom is 1.00 e. The van der Waals surface area contributed by atoms with Gasteiger partial charge >= 0.3 is 18.9 Å². The topological polar surface area (TPSA) is 40.5 Å². The molecule has 0 radical (unpaired) electrons. The van der Waals surface area contributed by atoms with Crippen molar-refractivity contribution in [3.8, 4) is 11.5 Å². The van der Waals surface area contributed by atoms with Crippen LogP contribution in [0.15, 0.2) is 24.3 Å².